The Balaban J connectivity index is 1.99. The van der Waals surface area contributed by atoms with Crippen LogP contribution in [0.2, 0.25) is 0 Å². The molecule has 5 nitrogen and oxygen atoms in total. The van der Waals surface area contributed by atoms with Crippen LogP contribution in [0.25, 0.3) is 0 Å². The van der Waals surface area contributed by atoms with Crippen LogP contribution in [-0.4, -0.2) is 11.1 Å². The quantitative estimate of drug-likeness (QED) is 0.856. The zero-order valence-electron chi connectivity index (χ0n) is 10.4. The van der Waals surface area contributed by atoms with Crippen LogP contribution in [0.4, 0.5) is 4.39 Å². The third-order valence-electron chi connectivity index (χ3n) is 2.62. The molecule has 6 heteroatoms. The first-order valence-electron chi connectivity index (χ1n) is 5.77. The number of hydrogen-bond donors (Lipinski definition) is 2. The number of rotatable bonds is 5. The molecule has 0 saturated heterocycles. The van der Waals surface area contributed by atoms with Gasteiger partial charge in [0.25, 0.3) is 0 Å². The number of benzene rings is 1. The van der Waals surface area contributed by atoms with E-state index in [9.17, 15) is 9.18 Å². The molecule has 100 valence electrons. The van der Waals surface area contributed by atoms with Gasteiger partial charge in [-0.25, -0.2) is 4.39 Å². The Kier molecular flexibility index (Phi) is 3.91. The lowest BCUT2D eigenvalue weighted by atomic mass is 10.1. The number of amides is 1. The van der Waals surface area contributed by atoms with Crippen molar-refractivity contribution in [3.05, 3.63) is 52.7 Å². The average Bonchev–Trinajstić information content (AvgIpc) is 2.77. The predicted molar refractivity (Wildman–Crippen MR) is 66.7 cm³/mol. The standard InChI is InChI=1S/C13H14FN3O2/c1-8-4-11(19-17-8)7-16-6-10-5-9(13(15)18)2-3-12(10)14/h2-5,16H,6-7H2,1H3,(H2,15,18). The lowest BCUT2D eigenvalue weighted by Gasteiger charge is -2.05. The van der Waals surface area contributed by atoms with Crippen LogP contribution in [-0.2, 0) is 13.1 Å². The van der Waals surface area contributed by atoms with Gasteiger partial charge in [0.15, 0.2) is 5.76 Å². The number of aryl methyl sites for hydroxylation is 1. The van der Waals surface area contributed by atoms with E-state index in [0.717, 1.165) is 5.69 Å². The number of hydrogen-bond acceptors (Lipinski definition) is 4. The van der Waals surface area contributed by atoms with Crippen molar-refractivity contribution < 1.29 is 13.7 Å². The molecule has 1 aromatic heterocycles. The first kappa shape index (κ1) is 13.2. The second kappa shape index (κ2) is 5.62. The number of nitrogens with one attached hydrogen (secondary N) is 1. The van der Waals surface area contributed by atoms with Crippen molar-refractivity contribution in [3.63, 3.8) is 0 Å². The van der Waals surface area contributed by atoms with E-state index in [2.05, 4.69) is 10.5 Å². The number of carbonyl (C=O) groups is 1. The molecular weight excluding hydrogens is 249 g/mol. The van der Waals surface area contributed by atoms with Gasteiger partial charge in [0, 0.05) is 23.7 Å². The number of aromatic nitrogens is 1. The molecule has 0 bridgehead atoms. The monoisotopic (exact) mass is 263 g/mol. The van der Waals surface area contributed by atoms with Crippen molar-refractivity contribution >= 4 is 5.91 Å². The largest absolute Gasteiger partial charge is 0.366 e. The molecule has 0 atom stereocenters. The highest BCUT2D eigenvalue weighted by Crippen LogP contribution is 2.11. The minimum absolute atomic E-state index is 0.271. The van der Waals surface area contributed by atoms with Gasteiger partial charge < -0.3 is 15.6 Å². The molecular formula is C13H14FN3O2. The van der Waals surface area contributed by atoms with E-state index < -0.39 is 5.91 Å². The summed E-state index contributed by atoms with van der Waals surface area (Å²) in [6, 6.07) is 5.83. The molecule has 0 aliphatic heterocycles. The van der Waals surface area contributed by atoms with Gasteiger partial charge in [-0.3, -0.25) is 4.79 Å². The molecule has 0 fully saturated rings. The lowest BCUT2D eigenvalue weighted by molar-refractivity contribution is 0.1000. The Morgan fingerprint density at radius 2 is 2.21 bits per heavy atom. The summed E-state index contributed by atoms with van der Waals surface area (Å²) in [5.74, 6) is -0.290. The summed E-state index contributed by atoms with van der Waals surface area (Å²) in [4.78, 5) is 11.0. The van der Waals surface area contributed by atoms with Gasteiger partial charge in [0.2, 0.25) is 5.91 Å². The van der Waals surface area contributed by atoms with Gasteiger partial charge in [-0.1, -0.05) is 5.16 Å². The van der Waals surface area contributed by atoms with Crippen LogP contribution in [0.15, 0.2) is 28.8 Å². The predicted octanol–water partition coefficient (Wildman–Crippen LogP) is 1.51. The molecule has 0 aliphatic rings. The molecule has 1 heterocycles. The fourth-order valence-corrected chi connectivity index (χ4v) is 1.68. The Morgan fingerprint density at radius 1 is 1.42 bits per heavy atom. The van der Waals surface area contributed by atoms with Gasteiger partial charge in [-0.15, -0.1) is 0 Å². The Labute approximate surface area is 109 Å². The van der Waals surface area contributed by atoms with Gasteiger partial charge in [0.1, 0.15) is 5.82 Å². The van der Waals surface area contributed by atoms with E-state index in [-0.39, 0.29) is 17.9 Å². The molecule has 0 aliphatic carbocycles. The number of primary amides is 1. The van der Waals surface area contributed by atoms with E-state index in [0.29, 0.717) is 17.9 Å². The second-order valence-corrected chi connectivity index (χ2v) is 4.21. The highest BCUT2D eigenvalue weighted by atomic mass is 19.1. The molecule has 2 rings (SSSR count). The van der Waals surface area contributed by atoms with Crippen LogP contribution in [0, 0.1) is 12.7 Å². The molecule has 3 N–H and O–H groups in total. The number of nitrogens with zero attached hydrogens (tertiary/aromatic N) is 1. The highest BCUT2D eigenvalue weighted by Gasteiger charge is 2.07. The molecule has 0 spiro atoms. The Hall–Kier alpha value is -2.21. The van der Waals surface area contributed by atoms with Crippen molar-refractivity contribution in [1.29, 1.82) is 0 Å². The van der Waals surface area contributed by atoms with Crippen molar-refractivity contribution in [2.24, 2.45) is 5.73 Å². The van der Waals surface area contributed by atoms with E-state index >= 15 is 0 Å². The molecule has 1 amide bonds. The maximum Gasteiger partial charge on any atom is 0.248 e. The molecule has 0 unspecified atom stereocenters. The van der Waals surface area contributed by atoms with E-state index in [4.69, 9.17) is 10.3 Å². The normalized spacial score (nSPS) is 10.6. The summed E-state index contributed by atoms with van der Waals surface area (Å²) in [6.45, 7) is 2.52. The van der Waals surface area contributed by atoms with Crippen LogP contribution in [0.1, 0.15) is 27.4 Å². The smallest absolute Gasteiger partial charge is 0.248 e. The van der Waals surface area contributed by atoms with Gasteiger partial charge in [-0.2, -0.15) is 0 Å². The zero-order chi connectivity index (χ0) is 13.8. The SMILES string of the molecule is Cc1cc(CNCc2cc(C(N)=O)ccc2F)on1. The summed E-state index contributed by atoms with van der Waals surface area (Å²) in [5.41, 5.74) is 6.61. The van der Waals surface area contributed by atoms with Crippen LogP contribution in [0.3, 0.4) is 0 Å². The summed E-state index contributed by atoms with van der Waals surface area (Å²) in [7, 11) is 0. The molecule has 19 heavy (non-hydrogen) atoms. The summed E-state index contributed by atoms with van der Waals surface area (Å²) in [5, 5.41) is 6.76. The number of nitrogens with two attached hydrogens (primary N) is 1. The Morgan fingerprint density at radius 3 is 2.84 bits per heavy atom. The summed E-state index contributed by atoms with van der Waals surface area (Å²) in [6.07, 6.45) is 0. The molecule has 0 radical (unpaired) electrons. The fraction of sp³-hybridized carbons (Fsp3) is 0.231. The van der Waals surface area contributed by atoms with Crippen LogP contribution < -0.4 is 11.1 Å². The topological polar surface area (TPSA) is 81.1 Å². The summed E-state index contributed by atoms with van der Waals surface area (Å²) >= 11 is 0. The highest BCUT2D eigenvalue weighted by molar-refractivity contribution is 5.92. The Bertz CT molecular complexity index is 595. The van der Waals surface area contributed by atoms with Crippen molar-refractivity contribution in [3.8, 4) is 0 Å². The number of carbonyl (C=O) groups excluding carboxylic acids is 1. The second-order valence-electron chi connectivity index (χ2n) is 4.21. The maximum atomic E-state index is 13.5. The lowest BCUT2D eigenvalue weighted by Crippen LogP contribution is -2.16. The fourth-order valence-electron chi connectivity index (χ4n) is 1.68. The molecule has 0 saturated carbocycles. The minimum Gasteiger partial charge on any atom is -0.366 e. The van der Waals surface area contributed by atoms with Crippen molar-refractivity contribution in [1.82, 2.24) is 10.5 Å². The molecule has 2 aromatic rings. The average molecular weight is 263 g/mol. The molecule has 1 aromatic carbocycles. The van der Waals surface area contributed by atoms with E-state index in [1.807, 2.05) is 6.92 Å². The first-order valence-corrected chi connectivity index (χ1v) is 5.77. The third kappa shape index (κ3) is 3.38. The van der Waals surface area contributed by atoms with E-state index in [1.54, 1.807) is 6.07 Å². The van der Waals surface area contributed by atoms with Gasteiger partial charge in [-0.05, 0) is 25.1 Å². The zero-order valence-corrected chi connectivity index (χ0v) is 10.4. The summed E-state index contributed by atoms with van der Waals surface area (Å²) < 4.78 is 18.5. The third-order valence-corrected chi connectivity index (χ3v) is 2.62. The van der Waals surface area contributed by atoms with Gasteiger partial charge in [0.05, 0.1) is 12.2 Å². The van der Waals surface area contributed by atoms with Crippen molar-refractivity contribution in [2.45, 2.75) is 20.0 Å². The van der Waals surface area contributed by atoms with Crippen LogP contribution >= 0.6 is 0 Å². The van der Waals surface area contributed by atoms with E-state index in [1.165, 1.54) is 18.2 Å². The minimum atomic E-state index is -0.577. The van der Waals surface area contributed by atoms with Crippen molar-refractivity contribution in [2.75, 3.05) is 0 Å². The number of halogens is 1. The van der Waals surface area contributed by atoms with Crippen LogP contribution in [0.5, 0.6) is 0 Å². The van der Waals surface area contributed by atoms with Gasteiger partial charge >= 0.3 is 0 Å². The first-order chi connectivity index (χ1) is 9.06. The maximum absolute atomic E-state index is 13.5.